The van der Waals surface area contributed by atoms with Gasteiger partial charge < -0.3 is 13.9 Å². The topological polar surface area (TPSA) is 35.9 Å². The summed E-state index contributed by atoms with van der Waals surface area (Å²) in [6.45, 7) is 27.6. The number of para-hydroxylation sites is 1. The number of imidazole rings is 1. The van der Waals surface area contributed by atoms with Gasteiger partial charge in [-0.05, 0) is 113 Å². The molecule has 7 aromatic carbocycles. The van der Waals surface area contributed by atoms with Crippen LogP contribution >= 0.6 is 0 Å². The summed E-state index contributed by atoms with van der Waals surface area (Å²) in [4.78, 5) is 4.90. The number of benzene rings is 7. The molecule has 354 valence electrons. The van der Waals surface area contributed by atoms with Crippen molar-refractivity contribution in [2.24, 2.45) is 0 Å². The molecule has 0 aliphatic carbocycles. The van der Waals surface area contributed by atoms with Gasteiger partial charge in [0.2, 0.25) is 0 Å². The fourth-order valence-electron chi connectivity index (χ4n) is 10.1. The molecule has 1 aliphatic rings. The van der Waals surface area contributed by atoms with Gasteiger partial charge in [-0.15, -0.1) is 29.7 Å². The molecule has 0 saturated carbocycles. The molecule has 70 heavy (non-hydrogen) atoms. The maximum absolute atomic E-state index is 6.80. The zero-order valence-electron chi connectivity index (χ0n) is 42.4. The van der Waals surface area contributed by atoms with Gasteiger partial charge in [-0.2, -0.15) is 18.2 Å². The van der Waals surface area contributed by atoms with Crippen molar-refractivity contribution in [3.8, 4) is 62.1 Å². The zero-order chi connectivity index (χ0) is 48.4. The molecule has 11 rings (SSSR count). The van der Waals surface area contributed by atoms with E-state index in [1.165, 1.54) is 55.6 Å². The van der Waals surface area contributed by atoms with Crippen LogP contribution < -0.4 is 9.30 Å². The van der Waals surface area contributed by atoms with Crippen LogP contribution in [0.15, 0.2) is 146 Å². The van der Waals surface area contributed by atoms with Crippen molar-refractivity contribution in [3.05, 3.63) is 186 Å². The van der Waals surface area contributed by atoms with E-state index >= 15 is 0 Å². The minimum Gasteiger partial charge on any atom is -0.510 e. The number of ether oxygens (including phenoxy) is 1. The van der Waals surface area contributed by atoms with Gasteiger partial charge in [0.1, 0.15) is 5.82 Å². The third-order valence-electron chi connectivity index (χ3n) is 14.0. The molecule has 0 bridgehead atoms. The largest absolute Gasteiger partial charge is 0.510 e. The predicted octanol–water partition coefficient (Wildman–Crippen LogP) is 16.1. The Morgan fingerprint density at radius 3 is 1.73 bits per heavy atom. The number of pyridine rings is 1. The van der Waals surface area contributed by atoms with Crippen LogP contribution in [0.5, 0.6) is 11.5 Å². The number of hydrogen-bond donors (Lipinski definition) is 0. The molecule has 0 unspecified atom stereocenters. The molecular formula is C64H60N4OPt-2. The van der Waals surface area contributed by atoms with Crippen molar-refractivity contribution in [2.45, 2.75) is 105 Å². The van der Waals surface area contributed by atoms with Crippen molar-refractivity contribution < 1.29 is 30.4 Å². The third-order valence-corrected chi connectivity index (χ3v) is 14.0. The van der Waals surface area contributed by atoms with Gasteiger partial charge in [0.15, 0.2) is 0 Å². The van der Waals surface area contributed by atoms with Gasteiger partial charge in [0.25, 0.3) is 6.33 Å². The maximum atomic E-state index is 6.80. The predicted molar refractivity (Wildman–Crippen MR) is 285 cm³/mol. The molecule has 0 N–H and O–H groups in total. The SMILES string of the molecule is CC(C)(C)c1ccnc(-n2c3[c-]c(Oc4[c-]c(-n5[c-][n+]6c7c(cc(C(C)(C)C)cc75)-c5ccccc5-c5ccccc5-c5cc(C(C)(C)C)cc(C(C)(C)C)c5-6)ccc4)ccc3c3ccccc32)c1.[Pt]. The Hall–Kier alpha value is -6.55. The molecule has 5 nitrogen and oxygen atoms in total. The van der Waals surface area contributed by atoms with Crippen LogP contribution in [0.3, 0.4) is 0 Å². The van der Waals surface area contributed by atoms with E-state index < -0.39 is 0 Å². The Kier molecular flexibility index (Phi) is 11.3. The Labute approximate surface area is 428 Å². The van der Waals surface area contributed by atoms with Crippen molar-refractivity contribution in [3.63, 3.8) is 0 Å². The summed E-state index contributed by atoms with van der Waals surface area (Å²) in [5.74, 6) is 2.03. The van der Waals surface area contributed by atoms with Crippen LogP contribution in [0.2, 0.25) is 0 Å². The molecule has 0 fully saturated rings. The molecule has 6 heteroatoms. The molecule has 0 saturated heterocycles. The van der Waals surface area contributed by atoms with E-state index in [2.05, 4.69) is 243 Å². The van der Waals surface area contributed by atoms with Crippen molar-refractivity contribution in [1.82, 2.24) is 14.1 Å². The standard InChI is InChI=1S/C64H60N4O.Pt/c1-61(2,3)40-30-31-65-58(36-40)68-55-27-18-17-26-50(55)51-29-28-45(38-56(51)68)69-44-21-19-20-43(37-44)66-39-67-59-52(32-41(62(4,5)6)34-54(59)64(10,11)12)48-24-15-13-22-46(48)47-23-14-16-25-49(47)53-33-42(63(7,8)9)35-57(66)60(53)67;/h13-36H,1-12H3;/q-2;. The van der Waals surface area contributed by atoms with E-state index in [0.717, 1.165) is 50.0 Å². The summed E-state index contributed by atoms with van der Waals surface area (Å²) < 4.78 is 13.6. The minimum absolute atomic E-state index is 0. The van der Waals surface area contributed by atoms with Gasteiger partial charge in [0, 0.05) is 44.3 Å². The molecule has 4 heterocycles. The zero-order valence-corrected chi connectivity index (χ0v) is 44.6. The van der Waals surface area contributed by atoms with Crippen LogP contribution in [0.25, 0.3) is 83.4 Å². The molecule has 0 amide bonds. The first-order valence-corrected chi connectivity index (χ1v) is 24.3. The van der Waals surface area contributed by atoms with Crippen molar-refractivity contribution in [2.75, 3.05) is 0 Å². The van der Waals surface area contributed by atoms with E-state index in [1.807, 2.05) is 18.3 Å². The van der Waals surface area contributed by atoms with Crippen LogP contribution in [0, 0.1) is 18.5 Å². The van der Waals surface area contributed by atoms with Crippen molar-refractivity contribution in [1.29, 1.82) is 0 Å². The molecule has 0 atom stereocenters. The van der Waals surface area contributed by atoms with Gasteiger partial charge >= 0.3 is 0 Å². The first kappa shape index (κ1) is 47.1. The average molecular weight is 1100 g/mol. The summed E-state index contributed by atoms with van der Waals surface area (Å²) in [6.07, 6.45) is 5.92. The number of hydrogen-bond acceptors (Lipinski definition) is 2. The monoisotopic (exact) mass is 1100 g/mol. The average Bonchev–Trinajstić information content (AvgIpc) is 3.86. The van der Waals surface area contributed by atoms with Gasteiger partial charge in [-0.25, -0.2) is 4.98 Å². The van der Waals surface area contributed by atoms with Gasteiger partial charge in [0.05, 0.1) is 16.7 Å². The number of nitrogens with zero attached hydrogens (tertiary/aromatic N) is 4. The van der Waals surface area contributed by atoms with Gasteiger partial charge in [-0.1, -0.05) is 174 Å². The second-order valence-corrected chi connectivity index (χ2v) is 23.0. The number of fused-ring (bicyclic) bond motifs is 10. The van der Waals surface area contributed by atoms with Crippen LogP contribution in [-0.4, -0.2) is 14.1 Å². The Bertz CT molecular complexity index is 3690. The van der Waals surface area contributed by atoms with Crippen LogP contribution in [0.4, 0.5) is 0 Å². The van der Waals surface area contributed by atoms with Crippen LogP contribution in [0.1, 0.15) is 105 Å². The summed E-state index contributed by atoms with van der Waals surface area (Å²) in [5.41, 5.74) is 17.8. The molecule has 3 aromatic heterocycles. The smallest absolute Gasteiger partial charge is 0.268 e. The Balaban J connectivity index is 0.00000567. The molecule has 10 aromatic rings. The van der Waals surface area contributed by atoms with E-state index in [1.54, 1.807) is 0 Å². The van der Waals surface area contributed by atoms with E-state index in [-0.39, 0.29) is 42.7 Å². The summed E-state index contributed by atoms with van der Waals surface area (Å²) >= 11 is 0. The fourth-order valence-corrected chi connectivity index (χ4v) is 10.1. The van der Waals surface area contributed by atoms with E-state index in [0.29, 0.717) is 11.5 Å². The summed E-state index contributed by atoms with van der Waals surface area (Å²) in [5, 5.41) is 2.23. The van der Waals surface area contributed by atoms with Crippen molar-refractivity contribution >= 4 is 32.8 Å². The normalized spacial score (nSPS) is 12.7. The van der Waals surface area contributed by atoms with E-state index in [9.17, 15) is 0 Å². The maximum Gasteiger partial charge on any atom is 0.268 e. The van der Waals surface area contributed by atoms with E-state index in [4.69, 9.17) is 9.72 Å². The summed E-state index contributed by atoms with van der Waals surface area (Å²) in [7, 11) is 0. The first-order chi connectivity index (χ1) is 32.7. The second-order valence-electron chi connectivity index (χ2n) is 23.0. The molecular weight excluding hydrogens is 1040 g/mol. The van der Waals surface area contributed by atoms with Crippen LogP contribution in [-0.2, 0) is 42.7 Å². The molecule has 0 spiro atoms. The third kappa shape index (κ3) is 8.01. The molecule has 0 radical (unpaired) electrons. The minimum atomic E-state index is -0.212. The number of aromatic nitrogens is 4. The Morgan fingerprint density at radius 2 is 1.07 bits per heavy atom. The Morgan fingerprint density at radius 1 is 0.486 bits per heavy atom. The quantitative estimate of drug-likeness (QED) is 0.130. The fraction of sp³-hybridized carbons (Fsp3) is 0.250. The first-order valence-electron chi connectivity index (χ1n) is 24.3. The number of rotatable bonds is 4. The second kappa shape index (κ2) is 16.8. The summed E-state index contributed by atoms with van der Waals surface area (Å²) in [6, 6.07) is 58.0. The molecule has 1 aliphatic heterocycles. The van der Waals surface area contributed by atoms with Gasteiger partial charge in [-0.3, -0.25) is 4.57 Å².